The number of nitrogens with one attached hydrogen (secondary N) is 1. The lowest BCUT2D eigenvalue weighted by molar-refractivity contribution is -0.135. The van der Waals surface area contributed by atoms with Crippen molar-refractivity contribution in [2.24, 2.45) is 10.2 Å². The van der Waals surface area contributed by atoms with Gasteiger partial charge in [-0.1, -0.05) is 35.9 Å². The van der Waals surface area contributed by atoms with Gasteiger partial charge in [0, 0.05) is 6.08 Å². The molecule has 0 bridgehead atoms. The zero-order valence-electron chi connectivity index (χ0n) is 13.5. The normalized spacial score (nSPS) is 17.0. The molecule has 136 valence electrons. The topological polar surface area (TPSA) is 89.4 Å². The molecule has 7 nitrogen and oxygen atoms in total. The Morgan fingerprint density at radius 2 is 2.08 bits per heavy atom. The fraction of sp³-hybridized carbons (Fsp3) is 0.125. The number of hydrogen-bond acceptors (Lipinski definition) is 7. The Kier molecular flexibility index (Phi) is 7.26. The Balaban J connectivity index is 2.10. The van der Waals surface area contributed by atoms with Gasteiger partial charge in [-0.05, 0) is 29.5 Å². The van der Waals surface area contributed by atoms with Crippen molar-refractivity contribution in [1.82, 2.24) is 5.32 Å². The van der Waals surface area contributed by atoms with Gasteiger partial charge in [-0.2, -0.15) is 5.10 Å². The van der Waals surface area contributed by atoms with E-state index in [4.69, 9.17) is 27.9 Å². The van der Waals surface area contributed by atoms with Crippen LogP contribution in [0.1, 0.15) is 5.56 Å². The smallest absolute Gasteiger partial charge is 0.331 e. The summed E-state index contributed by atoms with van der Waals surface area (Å²) in [5.41, 5.74) is 0.593. The Bertz CT molecular complexity index is 814. The van der Waals surface area contributed by atoms with Gasteiger partial charge < -0.3 is 9.47 Å². The average Bonchev–Trinajstić information content (AvgIpc) is 2.93. The minimum atomic E-state index is -0.629. The molecule has 0 aliphatic carbocycles. The first kappa shape index (κ1) is 20.0. The first-order valence-electron chi connectivity index (χ1n) is 7.07. The van der Waals surface area contributed by atoms with Gasteiger partial charge in [0.2, 0.25) is 0 Å². The van der Waals surface area contributed by atoms with Crippen LogP contribution >= 0.6 is 35.0 Å². The summed E-state index contributed by atoms with van der Waals surface area (Å²) >= 11 is 13.2. The van der Waals surface area contributed by atoms with Crippen molar-refractivity contribution in [3.63, 3.8) is 0 Å². The van der Waals surface area contributed by atoms with E-state index in [0.29, 0.717) is 21.4 Å². The third-order valence-electron chi connectivity index (χ3n) is 2.82. The number of ether oxygens (including phenoxy) is 2. The highest BCUT2D eigenvalue weighted by atomic mass is 35.5. The molecule has 1 heterocycles. The summed E-state index contributed by atoms with van der Waals surface area (Å²) in [4.78, 5) is 23.0. The molecule has 1 saturated heterocycles. The number of hydrogen-bond donors (Lipinski definition) is 1. The van der Waals surface area contributed by atoms with Gasteiger partial charge in [0.1, 0.15) is 6.61 Å². The third kappa shape index (κ3) is 5.35. The lowest BCUT2D eigenvalue weighted by atomic mass is 10.2. The molecule has 1 N–H and O–H groups in total. The van der Waals surface area contributed by atoms with Crippen molar-refractivity contribution in [2.45, 2.75) is 0 Å². The molecule has 0 aromatic heterocycles. The van der Waals surface area contributed by atoms with Crippen LogP contribution < -0.4 is 10.1 Å². The minimum absolute atomic E-state index is 0.167. The molecular weight excluding hydrogens is 401 g/mol. The molecule has 26 heavy (non-hydrogen) atoms. The van der Waals surface area contributed by atoms with Crippen molar-refractivity contribution in [3.8, 4) is 5.75 Å². The monoisotopic (exact) mass is 413 g/mol. The highest BCUT2D eigenvalue weighted by Crippen LogP contribution is 2.33. The van der Waals surface area contributed by atoms with E-state index in [-0.39, 0.29) is 16.7 Å². The maximum Gasteiger partial charge on any atom is 0.331 e. The quantitative estimate of drug-likeness (QED) is 0.254. The lowest BCUT2D eigenvalue weighted by Gasteiger charge is -2.08. The fourth-order valence-electron chi connectivity index (χ4n) is 1.72. The SMILES string of the molecule is C=CCOc1c(Cl)cc(C=N/N=C2/NC(=O)/C(=C\C(=O)OC)S2)cc1Cl. The Labute approximate surface area is 163 Å². The molecule has 2 rings (SSSR count). The average molecular weight is 414 g/mol. The molecule has 0 spiro atoms. The van der Waals surface area contributed by atoms with E-state index in [1.165, 1.54) is 13.3 Å². The standard InChI is InChI=1S/C16H13Cl2N3O4S/c1-3-4-25-14-10(17)5-9(6-11(14)18)8-19-21-16-20-15(23)12(26-16)7-13(22)24-2/h3,5-8H,1,4H2,2H3,(H,20,21,23)/b12-7+,19-8?. The van der Waals surface area contributed by atoms with Crippen LogP contribution in [0, 0.1) is 0 Å². The molecule has 10 heteroatoms. The first-order valence-corrected chi connectivity index (χ1v) is 8.64. The van der Waals surface area contributed by atoms with Crippen LogP contribution in [-0.4, -0.2) is 37.0 Å². The zero-order chi connectivity index (χ0) is 19.1. The fourth-order valence-corrected chi connectivity index (χ4v) is 3.08. The number of nitrogens with zero attached hydrogens (tertiary/aromatic N) is 2. The summed E-state index contributed by atoms with van der Waals surface area (Å²) in [6, 6.07) is 3.22. The molecule has 0 radical (unpaired) electrons. The van der Waals surface area contributed by atoms with Crippen LogP contribution in [0.5, 0.6) is 5.75 Å². The van der Waals surface area contributed by atoms with Crippen LogP contribution in [0.4, 0.5) is 0 Å². The summed E-state index contributed by atoms with van der Waals surface area (Å²) in [6.07, 6.45) is 4.07. The lowest BCUT2D eigenvalue weighted by Crippen LogP contribution is -2.19. The molecule has 1 aliphatic heterocycles. The maximum absolute atomic E-state index is 11.7. The number of esters is 1. The van der Waals surface area contributed by atoms with E-state index in [2.05, 4.69) is 26.8 Å². The van der Waals surface area contributed by atoms with E-state index in [0.717, 1.165) is 17.8 Å². The minimum Gasteiger partial charge on any atom is -0.486 e. The first-order chi connectivity index (χ1) is 12.4. The number of carbonyl (C=O) groups excluding carboxylic acids is 2. The van der Waals surface area contributed by atoms with Gasteiger partial charge >= 0.3 is 5.97 Å². The zero-order valence-corrected chi connectivity index (χ0v) is 15.8. The van der Waals surface area contributed by atoms with E-state index < -0.39 is 11.9 Å². The number of halogens is 2. The van der Waals surface area contributed by atoms with Crippen LogP contribution in [0.2, 0.25) is 10.0 Å². The van der Waals surface area contributed by atoms with E-state index in [9.17, 15) is 9.59 Å². The summed E-state index contributed by atoms with van der Waals surface area (Å²) in [7, 11) is 1.22. The Morgan fingerprint density at radius 3 is 2.69 bits per heavy atom. The Hall–Kier alpha value is -2.29. The van der Waals surface area contributed by atoms with Crippen LogP contribution in [-0.2, 0) is 14.3 Å². The van der Waals surface area contributed by atoms with Gasteiger partial charge in [-0.15, -0.1) is 5.10 Å². The molecule has 1 fully saturated rings. The van der Waals surface area contributed by atoms with Gasteiger partial charge in [0.15, 0.2) is 10.9 Å². The second kappa shape index (κ2) is 9.42. The number of methoxy groups -OCH3 is 1. The molecule has 1 aromatic rings. The van der Waals surface area contributed by atoms with E-state index in [1.807, 2.05) is 0 Å². The molecular formula is C16H13Cl2N3O4S. The van der Waals surface area contributed by atoms with Crippen LogP contribution in [0.25, 0.3) is 0 Å². The summed E-state index contributed by atoms with van der Waals surface area (Å²) in [5, 5.41) is 11.1. The van der Waals surface area contributed by atoms with Crippen molar-refractivity contribution in [1.29, 1.82) is 0 Å². The number of amides is 1. The summed E-state index contributed by atoms with van der Waals surface area (Å²) in [5.74, 6) is -0.729. The van der Waals surface area contributed by atoms with Crippen molar-refractivity contribution in [2.75, 3.05) is 13.7 Å². The molecule has 0 saturated carbocycles. The Morgan fingerprint density at radius 1 is 1.38 bits per heavy atom. The van der Waals surface area contributed by atoms with Crippen molar-refractivity contribution in [3.05, 3.63) is 51.4 Å². The second-order valence-electron chi connectivity index (χ2n) is 4.65. The third-order valence-corrected chi connectivity index (χ3v) is 4.28. The van der Waals surface area contributed by atoms with Gasteiger partial charge in [0.25, 0.3) is 5.91 Å². The molecule has 0 atom stereocenters. The van der Waals surface area contributed by atoms with E-state index in [1.54, 1.807) is 18.2 Å². The second-order valence-corrected chi connectivity index (χ2v) is 6.50. The largest absolute Gasteiger partial charge is 0.486 e. The molecule has 1 aromatic carbocycles. The van der Waals surface area contributed by atoms with Crippen molar-refractivity contribution < 1.29 is 19.1 Å². The highest BCUT2D eigenvalue weighted by molar-refractivity contribution is 8.18. The van der Waals surface area contributed by atoms with Crippen LogP contribution in [0.3, 0.4) is 0 Å². The molecule has 0 unspecified atom stereocenters. The van der Waals surface area contributed by atoms with Gasteiger partial charge in [-0.3, -0.25) is 10.1 Å². The summed E-state index contributed by atoms with van der Waals surface area (Å²) < 4.78 is 9.85. The summed E-state index contributed by atoms with van der Waals surface area (Å²) in [6.45, 7) is 3.83. The van der Waals surface area contributed by atoms with E-state index >= 15 is 0 Å². The van der Waals surface area contributed by atoms with Gasteiger partial charge in [0.05, 0.1) is 28.3 Å². The molecule has 1 amide bonds. The van der Waals surface area contributed by atoms with Crippen LogP contribution in [0.15, 0.2) is 46.0 Å². The number of amidine groups is 1. The number of benzene rings is 1. The molecule has 1 aliphatic rings. The predicted octanol–water partition coefficient (Wildman–Crippen LogP) is 3.17. The predicted molar refractivity (Wildman–Crippen MR) is 103 cm³/mol. The number of carbonyl (C=O) groups is 2. The van der Waals surface area contributed by atoms with Crippen molar-refractivity contribution >= 4 is 58.2 Å². The van der Waals surface area contributed by atoms with Gasteiger partial charge in [-0.25, -0.2) is 4.79 Å². The number of thioether (sulfide) groups is 1. The maximum atomic E-state index is 11.7. The highest BCUT2D eigenvalue weighted by Gasteiger charge is 2.25. The number of rotatable bonds is 6.